The standard InChI is InChI=1S/C17H19NO5/c1-5-6-12-8-13(9-15(20-3)16(12)21-4)17(19)22-10-14-7-11(2)23-18-14/h5-9H,10H2,1-4H3/b6-5+. The molecule has 1 heterocycles. The summed E-state index contributed by atoms with van der Waals surface area (Å²) in [6, 6.07) is 4.99. The molecule has 0 aliphatic carbocycles. The van der Waals surface area contributed by atoms with Crippen LogP contribution < -0.4 is 9.47 Å². The van der Waals surface area contributed by atoms with Crippen LogP contribution in [0, 0.1) is 6.92 Å². The molecule has 0 aliphatic heterocycles. The molecule has 0 radical (unpaired) electrons. The monoisotopic (exact) mass is 317 g/mol. The van der Waals surface area contributed by atoms with Gasteiger partial charge in [-0.2, -0.15) is 0 Å². The zero-order valence-electron chi connectivity index (χ0n) is 13.6. The summed E-state index contributed by atoms with van der Waals surface area (Å²) in [6.07, 6.45) is 3.68. The maximum absolute atomic E-state index is 12.2. The number of rotatable bonds is 6. The SMILES string of the molecule is C/C=C/c1cc(C(=O)OCc2cc(C)on2)cc(OC)c1OC. The van der Waals surface area contributed by atoms with Crippen LogP contribution in [-0.4, -0.2) is 25.3 Å². The number of hydrogen-bond donors (Lipinski definition) is 0. The van der Waals surface area contributed by atoms with Crippen molar-refractivity contribution in [2.24, 2.45) is 0 Å². The lowest BCUT2D eigenvalue weighted by molar-refractivity contribution is 0.0463. The molecule has 2 rings (SSSR count). The van der Waals surface area contributed by atoms with E-state index in [4.69, 9.17) is 18.7 Å². The minimum Gasteiger partial charge on any atom is -0.493 e. The van der Waals surface area contributed by atoms with Gasteiger partial charge in [0, 0.05) is 11.6 Å². The van der Waals surface area contributed by atoms with Crippen molar-refractivity contribution in [1.82, 2.24) is 5.16 Å². The van der Waals surface area contributed by atoms with Gasteiger partial charge in [0.25, 0.3) is 0 Å². The van der Waals surface area contributed by atoms with E-state index in [1.807, 2.05) is 19.1 Å². The van der Waals surface area contributed by atoms with Crippen LogP contribution in [0.15, 0.2) is 28.8 Å². The molecule has 1 aromatic carbocycles. The highest BCUT2D eigenvalue weighted by Gasteiger charge is 2.16. The minimum absolute atomic E-state index is 0.0451. The van der Waals surface area contributed by atoms with Gasteiger partial charge in [-0.15, -0.1) is 0 Å². The maximum atomic E-state index is 12.2. The lowest BCUT2D eigenvalue weighted by atomic mass is 10.1. The summed E-state index contributed by atoms with van der Waals surface area (Å²) < 4.78 is 20.8. The number of aromatic nitrogens is 1. The third-order valence-electron chi connectivity index (χ3n) is 3.12. The average Bonchev–Trinajstić information content (AvgIpc) is 2.97. The quantitative estimate of drug-likeness (QED) is 0.761. The van der Waals surface area contributed by atoms with Crippen molar-refractivity contribution in [2.75, 3.05) is 14.2 Å². The van der Waals surface area contributed by atoms with Crippen molar-refractivity contribution in [3.05, 3.63) is 46.9 Å². The first kappa shape index (κ1) is 16.6. The third kappa shape index (κ3) is 3.91. The first-order chi connectivity index (χ1) is 11.1. The number of ether oxygens (including phenoxy) is 3. The largest absolute Gasteiger partial charge is 0.493 e. The lowest BCUT2D eigenvalue weighted by Crippen LogP contribution is -2.07. The average molecular weight is 317 g/mol. The molecule has 6 heteroatoms. The van der Waals surface area contributed by atoms with E-state index in [0.29, 0.717) is 28.5 Å². The van der Waals surface area contributed by atoms with E-state index >= 15 is 0 Å². The molecule has 0 unspecified atom stereocenters. The molecular weight excluding hydrogens is 298 g/mol. The van der Waals surface area contributed by atoms with Crippen molar-refractivity contribution >= 4 is 12.0 Å². The molecule has 23 heavy (non-hydrogen) atoms. The number of methoxy groups -OCH3 is 2. The molecule has 6 nitrogen and oxygen atoms in total. The van der Waals surface area contributed by atoms with Crippen LogP contribution in [0.5, 0.6) is 11.5 Å². The molecule has 0 bridgehead atoms. The second kappa shape index (κ2) is 7.49. The zero-order valence-corrected chi connectivity index (χ0v) is 13.6. The van der Waals surface area contributed by atoms with Crippen molar-refractivity contribution in [1.29, 1.82) is 0 Å². The normalized spacial score (nSPS) is 10.8. The Morgan fingerprint density at radius 3 is 2.61 bits per heavy atom. The highest BCUT2D eigenvalue weighted by Crippen LogP contribution is 2.33. The number of allylic oxidation sites excluding steroid dienone is 1. The van der Waals surface area contributed by atoms with E-state index in [2.05, 4.69) is 5.16 Å². The molecule has 0 spiro atoms. The molecule has 0 N–H and O–H groups in total. The predicted molar refractivity (Wildman–Crippen MR) is 84.6 cm³/mol. The Labute approximate surface area is 134 Å². The van der Waals surface area contributed by atoms with Gasteiger partial charge in [0.1, 0.15) is 18.1 Å². The van der Waals surface area contributed by atoms with Crippen LogP contribution in [-0.2, 0) is 11.3 Å². The highest BCUT2D eigenvalue weighted by molar-refractivity contribution is 5.91. The Bertz CT molecular complexity index is 718. The van der Waals surface area contributed by atoms with Crippen molar-refractivity contribution in [3.8, 4) is 11.5 Å². The fraction of sp³-hybridized carbons (Fsp3) is 0.294. The summed E-state index contributed by atoms with van der Waals surface area (Å²) in [5.74, 6) is 1.22. The van der Waals surface area contributed by atoms with Crippen LogP contribution in [0.2, 0.25) is 0 Å². The summed E-state index contributed by atoms with van der Waals surface area (Å²) in [7, 11) is 3.07. The number of carbonyl (C=O) groups excluding carboxylic acids is 1. The van der Waals surface area contributed by atoms with Gasteiger partial charge in [-0.1, -0.05) is 17.3 Å². The predicted octanol–water partition coefficient (Wildman–Crippen LogP) is 3.39. The van der Waals surface area contributed by atoms with E-state index < -0.39 is 5.97 Å². The summed E-state index contributed by atoms with van der Waals surface area (Å²) in [6.45, 7) is 3.70. The number of aryl methyl sites for hydroxylation is 1. The Balaban J connectivity index is 2.23. The summed E-state index contributed by atoms with van der Waals surface area (Å²) >= 11 is 0. The minimum atomic E-state index is -0.475. The summed E-state index contributed by atoms with van der Waals surface area (Å²) in [4.78, 5) is 12.2. The van der Waals surface area contributed by atoms with Crippen molar-refractivity contribution in [3.63, 3.8) is 0 Å². The molecule has 122 valence electrons. The maximum Gasteiger partial charge on any atom is 0.338 e. The van der Waals surface area contributed by atoms with Crippen LogP contribution in [0.25, 0.3) is 6.08 Å². The first-order valence-corrected chi connectivity index (χ1v) is 7.07. The molecule has 0 saturated carbocycles. The topological polar surface area (TPSA) is 70.8 Å². The van der Waals surface area contributed by atoms with E-state index in [1.54, 1.807) is 32.2 Å². The van der Waals surface area contributed by atoms with Crippen LogP contribution >= 0.6 is 0 Å². The smallest absolute Gasteiger partial charge is 0.338 e. The molecule has 0 aliphatic rings. The van der Waals surface area contributed by atoms with Gasteiger partial charge in [0.05, 0.1) is 19.8 Å². The van der Waals surface area contributed by atoms with Crippen molar-refractivity contribution < 1.29 is 23.5 Å². The zero-order chi connectivity index (χ0) is 16.8. The molecule has 2 aromatic rings. The van der Waals surface area contributed by atoms with Gasteiger partial charge in [-0.3, -0.25) is 0 Å². The van der Waals surface area contributed by atoms with Gasteiger partial charge in [0.2, 0.25) is 0 Å². The number of benzene rings is 1. The highest BCUT2D eigenvalue weighted by atomic mass is 16.5. The van der Waals surface area contributed by atoms with Crippen LogP contribution in [0.4, 0.5) is 0 Å². The van der Waals surface area contributed by atoms with E-state index in [9.17, 15) is 4.79 Å². The Morgan fingerprint density at radius 2 is 2.04 bits per heavy atom. The Hall–Kier alpha value is -2.76. The number of esters is 1. The van der Waals surface area contributed by atoms with Gasteiger partial charge < -0.3 is 18.7 Å². The number of nitrogens with zero attached hydrogens (tertiary/aromatic N) is 1. The molecule has 0 amide bonds. The van der Waals surface area contributed by atoms with Crippen molar-refractivity contribution in [2.45, 2.75) is 20.5 Å². The summed E-state index contributed by atoms with van der Waals surface area (Å²) in [5.41, 5.74) is 1.67. The van der Waals surface area contributed by atoms with E-state index in [0.717, 1.165) is 5.56 Å². The second-order valence-corrected chi connectivity index (χ2v) is 4.81. The molecule has 0 saturated heterocycles. The molecular formula is C17H19NO5. The second-order valence-electron chi connectivity index (χ2n) is 4.81. The molecule has 0 fully saturated rings. The third-order valence-corrected chi connectivity index (χ3v) is 3.12. The lowest BCUT2D eigenvalue weighted by Gasteiger charge is -2.12. The van der Waals surface area contributed by atoms with E-state index in [-0.39, 0.29) is 6.61 Å². The fourth-order valence-corrected chi connectivity index (χ4v) is 2.12. The fourth-order valence-electron chi connectivity index (χ4n) is 2.12. The van der Waals surface area contributed by atoms with Crippen LogP contribution in [0.1, 0.15) is 34.3 Å². The molecule has 1 aromatic heterocycles. The Morgan fingerprint density at radius 1 is 1.26 bits per heavy atom. The number of hydrogen-bond acceptors (Lipinski definition) is 6. The number of carbonyl (C=O) groups is 1. The van der Waals surface area contributed by atoms with Crippen LogP contribution in [0.3, 0.4) is 0 Å². The summed E-state index contributed by atoms with van der Waals surface area (Å²) in [5, 5.41) is 3.78. The van der Waals surface area contributed by atoms with Gasteiger partial charge in [-0.25, -0.2) is 4.79 Å². The first-order valence-electron chi connectivity index (χ1n) is 7.07. The van der Waals surface area contributed by atoms with Gasteiger partial charge >= 0.3 is 5.97 Å². The molecule has 0 atom stereocenters. The Kier molecular flexibility index (Phi) is 5.41. The van der Waals surface area contributed by atoms with E-state index in [1.165, 1.54) is 7.11 Å². The van der Waals surface area contributed by atoms with Gasteiger partial charge in [0.15, 0.2) is 11.5 Å². The van der Waals surface area contributed by atoms with Gasteiger partial charge in [-0.05, 0) is 26.0 Å².